The van der Waals surface area contributed by atoms with Crippen molar-refractivity contribution in [3.63, 3.8) is 0 Å². The number of aliphatic hydroxyl groups excluding tert-OH is 2. The molecule has 15 heavy (non-hydrogen) atoms. The van der Waals surface area contributed by atoms with Gasteiger partial charge in [-0.05, 0) is 38.6 Å². The highest BCUT2D eigenvalue weighted by molar-refractivity contribution is 4.96. The number of piperidine rings is 1. The standard InChI is InChI=1S/C11H22N2O2/c12-6-5-7-1-2-8-9(13-7)3-4-10(14)11(8)15/h7-11,13-15H,1-6,12H2. The molecule has 5 atom stereocenters. The topological polar surface area (TPSA) is 78.5 Å². The summed E-state index contributed by atoms with van der Waals surface area (Å²) in [5.41, 5.74) is 5.55. The van der Waals surface area contributed by atoms with E-state index < -0.39 is 12.2 Å². The van der Waals surface area contributed by atoms with Crippen LogP contribution in [0.5, 0.6) is 0 Å². The third-order valence-corrected chi connectivity index (χ3v) is 3.94. The third-order valence-electron chi connectivity index (χ3n) is 3.94. The van der Waals surface area contributed by atoms with Crippen molar-refractivity contribution in [3.8, 4) is 0 Å². The van der Waals surface area contributed by atoms with Gasteiger partial charge in [-0.15, -0.1) is 0 Å². The lowest BCUT2D eigenvalue weighted by atomic mass is 9.74. The molecular formula is C11H22N2O2. The van der Waals surface area contributed by atoms with Crippen LogP contribution >= 0.6 is 0 Å². The van der Waals surface area contributed by atoms with Gasteiger partial charge in [0.1, 0.15) is 0 Å². The smallest absolute Gasteiger partial charge is 0.0842 e. The van der Waals surface area contributed by atoms with Gasteiger partial charge in [0, 0.05) is 18.0 Å². The molecule has 2 rings (SSSR count). The van der Waals surface area contributed by atoms with Crippen LogP contribution in [0.1, 0.15) is 32.1 Å². The second-order valence-electron chi connectivity index (χ2n) is 4.92. The van der Waals surface area contributed by atoms with Gasteiger partial charge in [0.25, 0.3) is 0 Å². The van der Waals surface area contributed by atoms with Gasteiger partial charge in [0.2, 0.25) is 0 Å². The second kappa shape index (κ2) is 4.78. The minimum atomic E-state index is -0.532. The Morgan fingerprint density at radius 3 is 2.67 bits per heavy atom. The van der Waals surface area contributed by atoms with Crippen molar-refractivity contribution in [2.24, 2.45) is 11.7 Å². The van der Waals surface area contributed by atoms with E-state index in [2.05, 4.69) is 5.32 Å². The first-order valence-corrected chi connectivity index (χ1v) is 6.04. The Kier molecular flexibility index (Phi) is 3.61. The molecule has 88 valence electrons. The highest BCUT2D eigenvalue weighted by Crippen LogP contribution is 2.33. The molecule has 0 radical (unpaired) electrons. The number of hydrogen-bond donors (Lipinski definition) is 4. The number of rotatable bonds is 2. The fourth-order valence-electron chi connectivity index (χ4n) is 3.05. The van der Waals surface area contributed by atoms with Crippen molar-refractivity contribution in [2.75, 3.05) is 6.54 Å². The number of hydrogen-bond acceptors (Lipinski definition) is 4. The van der Waals surface area contributed by atoms with E-state index in [9.17, 15) is 10.2 Å². The molecule has 5 N–H and O–H groups in total. The summed E-state index contributed by atoms with van der Waals surface area (Å²) in [7, 11) is 0. The molecule has 0 aromatic carbocycles. The molecule has 1 aliphatic heterocycles. The predicted octanol–water partition coefficient (Wildman–Crippen LogP) is -0.412. The van der Waals surface area contributed by atoms with Crippen LogP contribution in [0, 0.1) is 5.92 Å². The predicted molar refractivity (Wildman–Crippen MR) is 58.4 cm³/mol. The van der Waals surface area contributed by atoms with Crippen molar-refractivity contribution < 1.29 is 10.2 Å². The molecule has 4 nitrogen and oxygen atoms in total. The Morgan fingerprint density at radius 1 is 1.13 bits per heavy atom. The van der Waals surface area contributed by atoms with Crippen molar-refractivity contribution >= 4 is 0 Å². The SMILES string of the molecule is NCCC1CCC2C(CCC(O)C2O)N1. The molecule has 1 saturated carbocycles. The highest BCUT2D eigenvalue weighted by atomic mass is 16.3. The fourth-order valence-corrected chi connectivity index (χ4v) is 3.05. The minimum absolute atomic E-state index is 0.239. The summed E-state index contributed by atoms with van der Waals surface area (Å²) in [5.74, 6) is 0.239. The monoisotopic (exact) mass is 214 g/mol. The van der Waals surface area contributed by atoms with Gasteiger partial charge in [-0.25, -0.2) is 0 Å². The van der Waals surface area contributed by atoms with Crippen LogP contribution in [0.25, 0.3) is 0 Å². The molecule has 0 bridgehead atoms. The number of nitrogens with one attached hydrogen (secondary N) is 1. The van der Waals surface area contributed by atoms with Gasteiger partial charge >= 0.3 is 0 Å². The van der Waals surface area contributed by atoms with E-state index in [-0.39, 0.29) is 5.92 Å². The summed E-state index contributed by atoms with van der Waals surface area (Å²) in [4.78, 5) is 0. The number of nitrogens with two attached hydrogens (primary N) is 1. The van der Waals surface area contributed by atoms with E-state index in [0.29, 0.717) is 18.5 Å². The summed E-state index contributed by atoms with van der Waals surface area (Å²) < 4.78 is 0. The minimum Gasteiger partial charge on any atom is -0.390 e. The zero-order chi connectivity index (χ0) is 10.8. The summed E-state index contributed by atoms with van der Waals surface area (Å²) in [6, 6.07) is 0.896. The van der Waals surface area contributed by atoms with E-state index in [1.807, 2.05) is 0 Å². The normalized spacial score (nSPS) is 46.2. The van der Waals surface area contributed by atoms with Crippen LogP contribution in [0.2, 0.25) is 0 Å². The lowest BCUT2D eigenvalue weighted by Gasteiger charge is -2.44. The Balaban J connectivity index is 1.92. The largest absolute Gasteiger partial charge is 0.390 e. The Labute approximate surface area is 90.9 Å². The van der Waals surface area contributed by atoms with Gasteiger partial charge in [-0.1, -0.05) is 0 Å². The Hall–Kier alpha value is -0.160. The van der Waals surface area contributed by atoms with Gasteiger partial charge < -0.3 is 21.3 Å². The Morgan fingerprint density at radius 2 is 1.93 bits per heavy atom. The van der Waals surface area contributed by atoms with Gasteiger partial charge in [-0.2, -0.15) is 0 Å². The van der Waals surface area contributed by atoms with Crippen molar-refractivity contribution in [3.05, 3.63) is 0 Å². The molecule has 0 aromatic heterocycles. The quantitative estimate of drug-likeness (QED) is 0.504. The van der Waals surface area contributed by atoms with E-state index in [0.717, 1.165) is 32.2 Å². The second-order valence-corrected chi connectivity index (χ2v) is 4.92. The lowest BCUT2D eigenvalue weighted by molar-refractivity contribution is -0.0699. The van der Waals surface area contributed by atoms with Gasteiger partial charge in [-0.3, -0.25) is 0 Å². The lowest BCUT2D eigenvalue weighted by Crippen LogP contribution is -2.56. The Bertz CT molecular complexity index is 213. The fraction of sp³-hybridized carbons (Fsp3) is 1.00. The van der Waals surface area contributed by atoms with Gasteiger partial charge in [0.15, 0.2) is 0 Å². The van der Waals surface area contributed by atoms with Crippen molar-refractivity contribution in [2.45, 2.75) is 56.4 Å². The molecule has 2 fully saturated rings. The van der Waals surface area contributed by atoms with Crippen LogP contribution in [0.15, 0.2) is 0 Å². The first-order valence-electron chi connectivity index (χ1n) is 6.04. The highest BCUT2D eigenvalue weighted by Gasteiger charge is 2.40. The van der Waals surface area contributed by atoms with Crippen LogP contribution in [-0.4, -0.2) is 41.0 Å². The summed E-state index contributed by atoms with van der Waals surface area (Å²) in [5, 5.41) is 23.0. The van der Waals surface area contributed by atoms with E-state index in [4.69, 9.17) is 5.73 Å². The molecule has 1 heterocycles. The zero-order valence-electron chi connectivity index (χ0n) is 9.10. The van der Waals surface area contributed by atoms with E-state index in [1.165, 1.54) is 0 Å². The summed E-state index contributed by atoms with van der Waals surface area (Å²) in [6.07, 6.45) is 3.74. The molecule has 0 spiro atoms. The molecule has 0 aromatic rings. The van der Waals surface area contributed by atoms with Crippen LogP contribution in [0.4, 0.5) is 0 Å². The summed E-state index contributed by atoms with van der Waals surface area (Å²) in [6.45, 7) is 0.722. The maximum atomic E-state index is 9.87. The molecule has 2 aliphatic rings. The molecule has 0 amide bonds. The average Bonchev–Trinajstić information content (AvgIpc) is 2.24. The van der Waals surface area contributed by atoms with Crippen LogP contribution < -0.4 is 11.1 Å². The molecular weight excluding hydrogens is 192 g/mol. The molecule has 1 aliphatic carbocycles. The maximum Gasteiger partial charge on any atom is 0.0842 e. The van der Waals surface area contributed by atoms with Crippen molar-refractivity contribution in [1.29, 1.82) is 0 Å². The first kappa shape index (κ1) is 11.3. The maximum absolute atomic E-state index is 9.87. The van der Waals surface area contributed by atoms with E-state index >= 15 is 0 Å². The molecule has 1 saturated heterocycles. The number of aliphatic hydroxyl groups is 2. The third kappa shape index (κ3) is 2.33. The van der Waals surface area contributed by atoms with E-state index in [1.54, 1.807) is 0 Å². The average molecular weight is 214 g/mol. The van der Waals surface area contributed by atoms with Crippen LogP contribution in [-0.2, 0) is 0 Å². The molecule has 5 unspecified atom stereocenters. The zero-order valence-corrected chi connectivity index (χ0v) is 9.10. The molecule has 4 heteroatoms. The first-order chi connectivity index (χ1) is 7.22. The number of fused-ring (bicyclic) bond motifs is 1. The van der Waals surface area contributed by atoms with Gasteiger partial charge in [0.05, 0.1) is 12.2 Å². The summed E-state index contributed by atoms with van der Waals surface area (Å²) >= 11 is 0. The van der Waals surface area contributed by atoms with Crippen molar-refractivity contribution in [1.82, 2.24) is 5.32 Å². The van der Waals surface area contributed by atoms with Crippen LogP contribution in [0.3, 0.4) is 0 Å².